The lowest BCUT2D eigenvalue weighted by atomic mass is 10.2. The number of aliphatic carboxylic acids is 1. The summed E-state index contributed by atoms with van der Waals surface area (Å²) in [5, 5.41) is 30.7. The molecule has 12 nitrogen and oxygen atoms in total. The fourth-order valence-corrected chi connectivity index (χ4v) is 2.54. The third-order valence-corrected chi connectivity index (χ3v) is 3.83. The summed E-state index contributed by atoms with van der Waals surface area (Å²) in [7, 11) is 0. The van der Waals surface area contributed by atoms with Crippen molar-refractivity contribution in [3.8, 4) is 6.01 Å². The van der Waals surface area contributed by atoms with Gasteiger partial charge in [-0.15, -0.1) is 5.10 Å². The highest BCUT2D eigenvalue weighted by molar-refractivity contribution is 5.83. The number of aliphatic hydroxyl groups excluding tert-OH is 1. The topological polar surface area (TPSA) is 186 Å². The Morgan fingerprint density at radius 3 is 2.46 bits per heavy atom. The first kappa shape index (κ1) is 20.9. The monoisotopic (exact) mass is 394 g/mol. The van der Waals surface area contributed by atoms with Gasteiger partial charge in [0.25, 0.3) is 0 Å². The molecule has 2 aromatic rings. The summed E-state index contributed by atoms with van der Waals surface area (Å²) in [6, 6.07) is -1.55. The number of primary amides is 1. The van der Waals surface area contributed by atoms with E-state index in [4.69, 9.17) is 15.3 Å². The third-order valence-electron chi connectivity index (χ3n) is 3.83. The van der Waals surface area contributed by atoms with Crippen LogP contribution in [0.3, 0.4) is 0 Å². The molecule has 0 aliphatic carbocycles. The third kappa shape index (κ3) is 5.07. The molecule has 6 N–H and O–H groups in total. The van der Waals surface area contributed by atoms with Crippen molar-refractivity contribution in [3.05, 3.63) is 29.4 Å². The van der Waals surface area contributed by atoms with Gasteiger partial charge in [0.15, 0.2) is 6.04 Å². The van der Waals surface area contributed by atoms with E-state index in [0.29, 0.717) is 0 Å². The molecule has 0 bridgehead atoms. The van der Waals surface area contributed by atoms with Crippen molar-refractivity contribution in [1.82, 2.24) is 25.4 Å². The Morgan fingerprint density at radius 1 is 1.29 bits per heavy atom. The van der Waals surface area contributed by atoms with Gasteiger partial charge in [0, 0.05) is 11.9 Å². The van der Waals surface area contributed by atoms with E-state index in [0.717, 1.165) is 11.3 Å². The maximum absolute atomic E-state index is 12.1. The molecule has 0 radical (unpaired) electrons. The minimum Gasteiger partial charge on any atom is -0.480 e. The second-order valence-electron chi connectivity index (χ2n) is 6.35. The van der Waals surface area contributed by atoms with E-state index >= 15 is 0 Å². The van der Waals surface area contributed by atoms with Gasteiger partial charge < -0.3 is 31.0 Å². The highest BCUT2D eigenvalue weighted by atomic mass is 16.4. The fraction of sp³-hybridized carbons (Fsp3) is 0.438. The molecule has 28 heavy (non-hydrogen) atoms. The number of aryl methyl sites for hydroxylation is 2. The SMILES string of the molecule is Cc1cc(C)n(-c2nnc([C@H](CC(N)=O)NC(=O)N[C@H](C(=O)O)C(C)O)o2)c1. The fourth-order valence-electron chi connectivity index (χ4n) is 2.54. The van der Waals surface area contributed by atoms with Crippen molar-refractivity contribution in [1.29, 1.82) is 0 Å². The number of hydrogen-bond acceptors (Lipinski definition) is 7. The standard InChI is InChI=1S/C16H22N6O6/c1-7-4-8(2)22(6-7)16-21-20-13(28-16)10(5-11(17)24)18-15(27)19-12(9(3)23)14(25)26/h4,6,9-10,12,23H,5H2,1-3H3,(H2,17,24)(H,25,26)(H2,18,19,27)/t9?,10-,12-/m0/s1. The molecule has 3 atom stereocenters. The van der Waals surface area contributed by atoms with Gasteiger partial charge in [0.2, 0.25) is 11.8 Å². The smallest absolute Gasteiger partial charge is 0.328 e. The van der Waals surface area contributed by atoms with E-state index < -0.39 is 36.1 Å². The van der Waals surface area contributed by atoms with Crippen LogP contribution in [0.2, 0.25) is 0 Å². The number of aliphatic hydroxyl groups is 1. The molecule has 2 rings (SSSR count). The van der Waals surface area contributed by atoms with Crippen LogP contribution in [0.4, 0.5) is 4.79 Å². The van der Waals surface area contributed by atoms with Gasteiger partial charge in [-0.2, -0.15) is 0 Å². The Bertz CT molecular complexity index is 873. The van der Waals surface area contributed by atoms with Crippen LogP contribution in [0.5, 0.6) is 0 Å². The molecule has 0 saturated carbocycles. The number of carbonyl (C=O) groups is 3. The molecule has 0 aliphatic rings. The second-order valence-corrected chi connectivity index (χ2v) is 6.35. The number of carbonyl (C=O) groups excluding carboxylic acids is 2. The van der Waals surface area contributed by atoms with Crippen molar-refractivity contribution in [2.45, 2.75) is 45.4 Å². The Balaban J connectivity index is 2.20. The van der Waals surface area contributed by atoms with Gasteiger partial charge >= 0.3 is 18.0 Å². The lowest BCUT2D eigenvalue weighted by Gasteiger charge is -2.19. The van der Waals surface area contributed by atoms with Crippen molar-refractivity contribution < 1.29 is 29.0 Å². The lowest BCUT2D eigenvalue weighted by Crippen LogP contribution is -2.52. The van der Waals surface area contributed by atoms with Crippen LogP contribution in [-0.4, -0.2) is 55.0 Å². The minimum absolute atomic E-state index is 0.0846. The molecule has 0 fully saturated rings. The number of rotatable bonds is 8. The second kappa shape index (κ2) is 8.52. The molecule has 2 aromatic heterocycles. The molecular weight excluding hydrogens is 372 g/mol. The average Bonchev–Trinajstić information content (AvgIpc) is 3.17. The zero-order chi connectivity index (χ0) is 21.0. The molecule has 12 heteroatoms. The quantitative estimate of drug-likeness (QED) is 0.397. The van der Waals surface area contributed by atoms with Crippen LogP contribution >= 0.6 is 0 Å². The van der Waals surface area contributed by atoms with Crippen LogP contribution < -0.4 is 16.4 Å². The minimum atomic E-state index is -1.54. The summed E-state index contributed by atoms with van der Waals surface area (Å²) in [6.07, 6.45) is 0.0778. The summed E-state index contributed by atoms with van der Waals surface area (Å²) < 4.78 is 7.19. The highest BCUT2D eigenvalue weighted by Gasteiger charge is 2.28. The number of aromatic nitrogens is 3. The van der Waals surface area contributed by atoms with Gasteiger partial charge in [0.1, 0.15) is 6.04 Å². The van der Waals surface area contributed by atoms with Gasteiger partial charge in [-0.25, -0.2) is 9.59 Å². The average molecular weight is 394 g/mol. The zero-order valence-corrected chi connectivity index (χ0v) is 15.5. The number of hydrogen-bond donors (Lipinski definition) is 5. The summed E-state index contributed by atoms with van der Waals surface area (Å²) >= 11 is 0. The summed E-state index contributed by atoms with van der Waals surface area (Å²) in [5.41, 5.74) is 7.02. The molecule has 0 aromatic carbocycles. The van der Waals surface area contributed by atoms with E-state index in [1.54, 1.807) is 10.8 Å². The van der Waals surface area contributed by atoms with E-state index in [9.17, 15) is 19.5 Å². The van der Waals surface area contributed by atoms with Crippen LogP contribution in [0.15, 0.2) is 16.7 Å². The van der Waals surface area contributed by atoms with Crippen LogP contribution in [0, 0.1) is 13.8 Å². The van der Waals surface area contributed by atoms with Crippen molar-refractivity contribution in [2.75, 3.05) is 0 Å². The van der Waals surface area contributed by atoms with E-state index in [1.807, 2.05) is 19.9 Å². The number of urea groups is 1. The highest BCUT2D eigenvalue weighted by Crippen LogP contribution is 2.19. The first-order valence-corrected chi connectivity index (χ1v) is 8.34. The number of nitrogens with two attached hydrogens (primary N) is 1. The zero-order valence-electron chi connectivity index (χ0n) is 15.5. The maximum Gasteiger partial charge on any atom is 0.328 e. The van der Waals surface area contributed by atoms with Crippen LogP contribution in [-0.2, 0) is 9.59 Å². The summed E-state index contributed by atoms with van der Waals surface area (Å²) in [4.78, 5) is 34.6. The summed E-state index contributed by atoms with van der Waals surface area (Å²) in [5.74, 6) is -2.25. The van der Waals surface area contributed by atoms with Crippen LogP contribution in [0.25, 0.3) is 6.01 Å². The maximum atomic E-state index is 12.1. The summed E-state index contributed by atoms with van der Waals surface area (Å²) in [6.45, 7) is 4.95. The molecule has 0 saturated heterocycles. The molecular formula is C16H22N6O6. The van der Waals surface area contributed by atoms with Crippen LogP contribution in [0.1, 0.15) is 36.5 Å². The first-order chi connectivity index (χ1) is 13.1. The number of amides is 3. The van der Waals surface area contributed by atoms with E-state index in [1.165, 1.54) is 6.92 Å². The van der Waals surface area contributed by atoms with Gasteiger partial charge in [0.05, 0.1) is 12.5 Å². The predicted molar refractivity (Wildman–Crippen MR) is 94.4 cm³/mol. The van der Waals surface area contributed by atoms with Gasteiger partial charge in [-0.3, -0.25) is 9.36 Å². The first-order valence-electron chi connectivity index (χ1n) is 8.34. The predicted octanol–water partition coefficient (Wildman–Crippen LogP) is -0.473. The number of nitrogens with zero attached hydrogens (tertiary/aromatic N) is 3. The Labute approximate surface area is 159 Å². The number of carboxylic acids is 1. The molecule has 2 heterocycles. The lowest BCUT2D eigenvalue weighted by molar-refractivity contribution is -0.141. The van der Waals surface area contributed by atoms with E-state index in [2.05, 4.69) is 20.8 Å². The Hall–Kier alpha value is -3.41. The number of nitrogens with one attached hydrogen (secondary N) is 2. The molecule has 0 aliphatic heterocycles. The number of carboxylic acid groups (broad SMARTS) is 1. The van der Waals surface area contributed by atoms with Gasteiger partial charge in [-0.05, 0) is 32.4 Å². The van der Waals surface area contributed by atoms with Crippen molar-refractivity contribution >= 4 is 17.9 Å². The Morgan fingerprint density at radius 2 is 1.96 bits per heavy atom. The van der Waals surface area contributed by atoms with Crippen molar-refractivity contribution in [3.63, 3.8) is 0 Å². The normalized spacial score (nSPS) is 14.1. The Kier molecular flexibility index (Phi) is 6.36. The molecule has 152 valence electrons. The molecule has 1 unspecified atom stereocenters. The largest absolute Gasteiger partial charge is 0.480 e. The molecule has 0 spiro atoms. The van der Waals surface area contributed by atoms with Crippen molar-refractivity contribution in [2.24, 2.45) is 5.73 Å². The van der Waals surface area contributed by atoms with Gasteiger partial charge in [-0.1, -0.05) is 5.10 Å². The van der Waals surface area contributed by atoms with E-state index in [-0.39, 0.29) is 18.3 Å². The molecule has 3 amide bonds.